The zero-order chi connectivity index (χ0) is 21.6. The van der Waals surface area contributed by atoms with Crippen molar-refractivity contribution < 1.29 is 13.9 Å². The third-order valence-corrected chi connectivity index (χ3v) is 5.23. The van der Waals surface area contributed by atoms with E-state index < -0.39 is 0 Å². The summed E-state index contributed by atoms with van der Waals surface area (Å²) < 4.78 is 13.5. The first-order chi connectivity index (χ1) is 15.1. The quantitative estimate of drug-likeness (QED) is 0.425. The van der Waals surface area contributed by atoms with Gasteiger partial charge < -0.3 is 19.0 Å². The summed E-state index contributed by atoms with van der Waals surface area (Å²) in [5.74, 6) is 2.33. The average molecular weight is 418 g/mol. The number of nitrogens with one attached hydrogen (secondary N) is 1. The van der Waals surface area contributed by atoms with Crippen LogP contribution in [0.25, 0.3) is 11.0 Å². The molecule has 6 nitrogen and oxygen atoms in total. The van der Waals surface area contributed by atoms with Crippen molar-refractivity contribution in [2.45, 2.75) is 32.7 Å². The first kappa shape index (κ1) is 20.7. The standard InChI is InChI=1S/C25H27N3O3/c1-18(2)19-8-3-6-11-22(19)31-17-15-28-21-10-5-4-9-20(21)27-24(28)13-14-26-25(29)23-12-7-16-30-23/h3-12,16,18H,13-15,17H2,1-2H3,(H,26,29). The molecule has 0 saturated carbocycles. The maximum atomic E-state index is 12.1. The van der Waals surface area contributed by atoms with Crippen molar-refractivity contribution in [3.05, 3.63) is 84.1 Å². The molecule has 2 aromatic heterocycles. The van der Waals surface area contributed by atoms with Gasteiger partial charge in [-0.25, -0.2) is 4.98 Å². The van der Waals surface area contributed by atoms with Crippen LogP contribution in [0.3, 0.4) is 0 Å². The molecule has 4 aromatic rings. The molecular formula is C25H27N3O3. The Morgan fingerprint density at radius 2 is 1.90 bits per heavy atom. The predicted molar refractivity (Wildman–Crippen MR) is 121 cm³/mol. The Labute approximate surface area is 181 Å². The Bertz CT molecular complexity index is 1150. The first-order valence-electron chi connectivity index (χ1n) is 10.6. The number of hydrogen-bond donors (Lipinski definition) is 1. The second-order valence-electron chi connectivity index (χ2n) is 7.69. The van der Waals surface area contributed by atoms with Crippen LogP contribution in [0.5, 0.6) is 5.75 Å². The van der Waals surface area contributed by atoms with E-state index in [0.717, 1.165) is 22.6 Å². The maximum absolute atomic E-state index is 12.1. The van der Waals surface area contributed by atoms with Crippen molar-refractivity contribution >= 4 is 16.9 Å². The number of aromatic nitrogens is 2. The molecule has 0 radical (unpaired) electrons. The summed E-state index contributed by atoms with van der Waals surface area (Å²) in [4.78, 5) is 16.9. The van der Waals surface area contributed by atoms with Crippen molar-refractivity contribution in [2.24, 2.45) is 0 Å². The third kappa shape index (κ3) is 4.79. The fraction of sp³-hybridized carbons (Fsp3) is 0.280. The average Bonchev–Trinajstić information content (AvgIpc) is 3.43. The van der Waals surface area contributed by atoms with Gasteiger partial charge in [0.25, 0.3) is 5.91 Å². The molecule has 2 heterocycles. The molecule has 1 N–H and O–H groups in total. The van der Waals surface area contributed by atoms with Crippen LogP contribution in [0.1, 0.15) is 41.7 Å². The summed E-state index contributed by atoms with van der Waals surface area (Å²) in [5, 5.41) is 2.89. The molecule has 4 rings (SSSR count). The van der Waals surface area contributed by atoms with Gasteiger partial charge in [0.1, 0.15) is 18.2 Å². The lowest BCUT2D eigenvalue weighted by Gasteiger charge is -2.15. The molecule has 31 heavy (non-hydrogen) atoms. The molecule has 6 heteroatoms. The van der Waals surface area contributed by atoms with Gasteiger partial charge in [0.05, 0.1) is 23.8 Å². The number of carbonyl (C=O) groups excluding carboxylic acids is 1. The van der Waals surface area contributed by atoms with Crippen molar-refractivity contribution in [1.29, 1.82) is 0 Å². The van der Waals surface area contributed by atoms with Crippen LogP contribution >= 0.6 is 0 Å². The van der Waals surface area contributed by atoms with Gasteiger partial charge in [-0.15, -0.1) is 0 Å². The largest absolute Gasteiger partial charge is 0.491 e. The van der Waals surface area contributed by atoms with E-state index in [1.807, 2.05) is 36.4 Å². The molecule has 2 aromatic carbocycles. The number of hydrogen-bond acceptors (Lipinski definition) is 4. The van der Waals surface area contributed by atoms with E-state index in [1.54, 1.807) is 12.1 Å². The van der Waals surface area contributed by atoms with E-state index in [1.165, 1.54) is 11.8 Å². The van der Waals surface area contributed by atoms with E-state index in [2.05, 4.69) is 35.9 Å². The molecule has 0 spiro atoms. The van der Waals surface area contributed by atoms with Gasteiger partial charge in [0.15, 0.2) is 5.76 Å². The van der Waals surface area contributed by atoms with Gasteiger partial charge in [-0.05, 0) is 41.8 Å². The zero-order valence-electron chi connectivity index (χ0n) is 17.9. The normalized spacial score (nSPS) is 11.2. The Morgan fingerprint density at radius 3 is 2.71 bits per heavy atom. The highest BCUT2D eigenvalue weighted by molar-refractivity contribution is 5.91. The van der Waals surface area contributed by atoms with Crippen LogP contribution in [0.2, 0.25) is 0 Å². The van der Waals surface area contributed by atoms with Gasteiger partial charge in [0, 0.05) is 13.0 Å². The van der Waals surface area contributed by atoms with Gasteiger partial charge in [0.2, 0.25) is 0 Å². The molecule has 1 amide bonds. The Kier molecular flexibility index (Phi) is 6.36. The summed E-state index contributed by atoms with van der Waals surface area (Å²) in [7, 11) is 0. The molecule has 0 saturated heterocycles. The monoisotopic (exact) mass is 417 g/mol. The van der Waals surface area contributed by atoms with E-state index in [4.69, 9.17) is 14.1 Å². The van der Waals surface area contributed by atoms with Crippen molar-refractivity contribution in [3.8, 4) is 5.75 Å². The van der Waals surface area contributed by atoms with Crippen LogP contribution in [-0.2, 0) is 13.0 Å². The number of ether oxygens (including phenoxy) is 1. The number of fused-ring (bicyclic) bond motifs is 1. The number of carbonyl (C=O) groups is 1. The van der Waals surface area contributed by atoms with Gasteiger partial charge in [-0.3, -0.25) is 4.79 Å². The second-order valence-corrected chi connectivity index (χ2v) is 7.69. The Morgan fingerprint density at radius 1 is 1.10 bits per heavy atom. The Balaban J connectivity index is 1.45. The van der Waals surface area contributed by atoms with E-state index in [9.17, 15) is 4.79 Å². The van der Waals surface area contributed by atoms with Gasteiger partial charge >= 0.3 is 0 Å². The van der Waals surface area contributed by atoms with E-state index in [-0.39, 0.29) is 5.91 Å². The highest BCUT2D eigenvalue weighted by atomic mass is 16.5. The molecule has 0 aliphatic heterocycles. The van der Waals surface area contributed by atoms with Crippen molar-refractivity contribution in [1.82, 2.24) is 14.9 Å². The fourth-order valence-electron chi connectivity index (χ4n) is 3.68. The van der Waals surface area contributed by atoms with Crippen LogP contribution < -0.4 is 10.1 Å². The number of benzene rings is 2. The first-order valence-corrected chi connectivity index (χ1v) is 10.6. The second kappa shape index (κ2) is 9.51. The molecule has 0 aliphatic carbocycles. The lowest BCUT2D eigenvalue weighted by molar-refractivity contribution is 0.0926. The lowest BCUT2D eigenvalue weighted by atomic mass is 10.0. The molecule has 0 bridgehead atoms. The number of furan rings is 1. The predicted octanol–water partition coefficient (Wildman–Crippen LogP) is 4.80. The van der Waals surface area contributed by atoms with E-state index in [0.29, 0.717) is 37.8 Å². The summed E-state index contributed by atoms with van der Waals surface area (Å²) in [6.07, 6.45) is 2.11. The fourth-order valence-corrected chi connectivity index (χ4v) is 3.68. The number of imidazole rings is 1. The van der Waals surface area contributed by atoms with Crippen LogP contribution in [-0.4, -0.2) is 28.6 Å². The highest BCUT2D eigenvalue weighted by Gasteiger charge is 2.13. The molecule has 0 aliphatic rings. The van der Waals surface area contributed by atoms with Crippen LogP contribution in [0.15, 0.2) is 71.3 Å². The minimum absolute atomic E-state index is 0.221. The van der Waals surface area contributed by atoms with Crippen molar-refractivity contribution in [2.75, 3.05) is 13.2 Å². The smallest absolute Gasteiger partial charge is 0.286 e. The third-order valence-electron chi connectivity index (χ3n) is 5.23. The molecule has 0 unspecified atom stereocenters. The Hall–Kier alpha value is -3.54. The maximum Gasteiger partial charge on any atom is 0.286 e. The van der Waals surface area contributed by atoms with Crippen LogP contribution in [0, 0.1) is 0 Å². The summed E-state index contributed by atoms with van der Waals surface area (Å²) in [5.41, 5.74) is 3.21. The van der Waals surface area contributed by atoms with Gasteiger partial charge in [-0.1, -0.05) is 44.2 Å². The van der Waals surface area contributed by atoms with Crippen molar-refractivity contribution in [3.63, 3.8) is 0 Å². The topological polar surface area (TPSA) is 69.3 Å². The number of rotatable bonds is 9. The van der Waals surface area contributed by atoms with E-state index >= 15 is 0 Å². The summed E-state index contributed by atoms with van der Waals surface area (Å²) in [6.45, 7) is 6.02. The zero-order valence-corrected chi connectivity index (χ0v) is 17.9. The molecular weight excluding hydrogens is 390 g/mol. The minimum atomic E-state index is -0.221. The van der Waals surface area contributed by atoms with Gasteiger partial charge in [-0.2, -0.15) is 0 Å². The highest BCUT2D eigenvalue weighted by Crippen LogP contribution is 2.26. The number of para-hydroxylation sites is 3. The lowest BCUT2D eigenvalue weighted by Crippen LogP contribution is -2.26. The SMILES string of the molecule is CC(C)c1ccccc1OCCn1c(CCNC(=O)c2ccco2)nc2ccccc21. The molecule has 160 valence electrons. The minimum Gasteiger partial charge on any atom is -0.491 e. The summed E-state index contributed by atoms with van der Waals surface area (Å²) >= 11 is 0. The summed E-state index contributed by atoms with van der Waals surface area (Å²) in [6, 6.07) is 19.6. The number of amides is 1. The molecule has 0 atom stereocenters. The number of nitrogens with zero attached hydrogens (tertiary/aromatic N) is 2. The van der Waals surface area contributed by atoms with Crippen LogP contribution in [0.4, 0.5) is 0 Å². The molecule has 0 fully saturated rings.